The van der Waals surface area contributed by atoms with Gasteiger partial charge >= 0.3 is 11.6 Å². The molecule has 1 aromatic carbocycles. The Kier molecular flexibility index (Phi) is 4.31. The number of aryl methyl sites for hydroxylation is 1. The fourth-order valence-corrected chi connectivity index (χ4v) is 2.49. The van der Waals surface area contributed by atoms with Gasteiger partial charge in [-0.25, -0.2) is 4.98 Å². The average molecular weight is 355 g/mol. The maximum atomic E-state index is 12.4. The van der Waals surface area contributed by atoms with Crippen LogP contribution in [0.5, 0.6) is 0 Å². The van der Waals surface area contributed by atoms with E-state index in [2.05, 4.69) is 15.3 Å². The molecule has 132 valence electrons. The number of anilines is 1. The minimum absolute atomic E-state index is 0.257. The summed E-state index contributed by atoms with van der Waals surface area (Å²) in [5.41, 5.74) is 0.430. The number of benzene rings is 1. The first-order chi connectivity index (χ1) is 12.4. The second-order valence-corrected chi connectivity index (χ2v) is 5.56. The highest BCUT2D eigenvalue weighted by Crippen LogP contribution is 2.14. The number of carbonyl (C=O) groups excluding carboxylic acids is 1. The van der Waals surface area contributed by atoms with E-state index in [1.165, 1.54) is 18.2 Å². The molecule has 2 N–H and O–H groups in total. The number of nitro groups is 2. The number of nitrogens with one attached hydrogen (secondary N) is 2. The molecule has 0 bridgehead atoms. The van der Waals surface area contributed by atoms with Crippen molar-refractivity contribution in [2.45, 2.75) is 13.0 Å². The molecular weight excluding hydrogens is 342 g/mol. The van der Waals surface area contributed by atoms with Gasteiger partial charge in [0.2, 0.25) is 5.48 Å². The van der Waals surface area contributed by atoms with Crippen LogP contribution in [-0.4, -0.2) is 31.8 Å². The first kappa shape index (κ1) is 17.0. The zero-order valence-electron chi connectivity index (χ0n) is 13.5. The standard InChI is InChI=1S/C16H13N5O5/c1-9-4-2-3-5-11(9)19-16(22)14(21(25)26)15-17-12-7-6-10(20(23)24)8-13(12)18-15/h2-8,10,18H,1H3,(H,19,22)/b15-14-. The lowest BCUT2D eigenvalue weighted by atomic mass is 10.1. The van der Waals surface area contributed by atoms with Crippen LogP contribution in [0.2, 0.25) is 0 Å². The van der Waals surface area contributed by atoms with Crippen molar-refractivity contribution in [3.05, 3.63) is 72.7 Å². The summed E-state index contributed by atoms with van der Waals surface area (Å²) in [6.07, 6.45) is 3.98. The van der Waals surface area contributed by atoms with Gasteiger partial charge in [0.05, 0.1) is 16.0 Å². The van der Waals surface area contributed by atoms with Crippen LogP contribution in [-0.2, 0) is 4.79 Å². The van der Waals surface area contributed by atoms with Gasteiger partial charge in [0.25, 0.3) is 6.04 Å². The molecule has 1 aromatic heterocycles. The van der Waals surface area contributed by atoms with Crippen LogP contribution < -0.4 is 16.1 Å². The lowest BCUT2D eigenvalue weighted by Gasteiger charge is -2.05. The molecule has 1 amide bonds. The predicted molar refractivity (Wildman–Crippen MR) is 92.3 cm³/mol. The Labute approximate surface area is 145 Å². The molecule has 1 heterocycles. The van der Waals surface area contributed by atoms with Crippen molar-refractivity contribution in [3.63, 3.8) is 0 Å². The number of aromatic nitrogens is 2. The fraction of sp³-hybridized carbons (Fsp3) is 0.125. The van der Waals surface area contributed by atoms with Gasteiger partial charge in [0.1, 0.15) is 0 Å². The van der Waals surface area contributed by atoms with E-state index in [0.717, 1.165) is 5.56 Å². The number of aromatic amines is 1. The minimum Gasteiger partial charge on any atom is -0.333 e. The van der Waals surface area contributed by atoms with Crippen molar-refractivity contribution in [3.8, 4) is 0 Å². The first-order valence-corrected chi connectivity index (χ1v) is 7.52. The normalized spacial score (nSPS) is 16.3. The number of H-pyrrole nitrogens is 1. The first-order valence-electron chi connectivity index (χ1n) is 7.52. The maximum absolute atomic E-state index is 12.4. The highest BCUT2D eigenvalue weighted by molar-refractivity contribution is 6.17. The molecule has 3 rings (SSSR count). The summed E-state index contributed by atoms with van der Waals surface area (Å²) in [6, 6.07) is 5.78. The number of rotatable bonds is 4. The molecule has 26 heavy (non-hydrogen) atoms. The molecule has 2 aromatic rings. The molecule has 0 spiro atoms. The van der Waals surface area contributed by atoms with Crippen molar-refractivity contribution in [1.82, 2.24) is 9.97 Å². The third-order valence-corrected chi connectivity index (χ3v) is 3.81. The zero-order valence-corrected chi connectivity index (χ0v) is 13.5. The summed E-state index contributed by atoms with van der Waals surface area (Å²) in [5, 5.41) is 25.0. The largest absolute Gasteiger partial charge is 0.375 e. The molecule has 0 aliphatic heterocycles. The third-order valence-electron chi connectivity index (χ3n) is 3.81. The Morgan fingerprint density at radius 3 is 2.65 bits per heavy atom. The van der Waals surface area contributed by atoms with Crippen LogP contribution in [0, 0.1) is 27.2 Å². The summed E-state index contributed by atoms with van der Waals surface area (Å²) in [6.45, 7) is 1.75. The summed E-state index contributed by atoms with van der Waals surface area (Å²) in [5.74, 6) is -0.940. The van der Waals surface area contributed by atoms with Gasteiger partial charge in [-0.3, -0.25) is 25.0 Å². The van der Waals surface area contributed by atoms with Gasteiger partial charge in [-0.15, -0.1) is 0 Å². The van der Waals surface area contributed by atoms with Gasteiger partial charge in [0, 0.05) is 16.7 Å². The second-order valence-electron chi connectivity index (χ2n) is 5.56. The second kappa shape index (κ2) is 6.59. The summed E-state index contributed by atoms with van der Waals surface area (Å²) >= 11 is 0. The summed E-state index contributed by atoms with van der Waals surface area (Å²) < 4.78 is 0. The van der Waals surface area contributed by atoms with E-state index in [9.17, 15) is 25.0 Å². The number of fused-ring (bicyclic) bond motifs is 1. The quantitative estimate of drug-likeness (QED) is 0.592. The molecule has 0 saturated carbocycles. The molecule has 0 fully saturated rings. The van der Waals surface area contributed by atoms with E-state index in [1.807, 2.05) is 0 Å². The number of nitrogens with zero attached hydrogens (tertiary/aromatic N) is 3. The molecular formula is C16H13N5O5. The van der Waals surface area contributed by atoms with Crippen molar-refractivity contribution < 1.29 is 14.6 Å². The molecule has 0 saturated heterocycles. The van der Waals surface area contributed by atoms with Crippen molar-refractivity contribution in [2.75, 3.05) is 5.32 Å². The van der Waals surface area contributed by atoms with E-state index >= 15 is 0 Å². The molecule has 1 unspecified atom stereocenters. The molecule has 10 nitrogen and oxygen atoms in total. The van der Waals surface area contributed by atoms with E-state index < -0.39 is 27.5 Å². The van der Waals surface area contributed by atoms with Crippen LogP contribution in [0.15, 0.2) is 30.3 Å². The molecule has 1 aliphatic carbocycles. The molecule has 1 aliphatic rings. The topological polar surface area (TPSA) is 144 Å². The van der Waals surface area contributed by atoms with Gasteiger partial charge in [-0.05, 0) is 30.7 Å². The fourth-order valence-electron chi connectivity index (χ4n) is 2.49. The highest BCUT2D eigenvalue weighted by atomic mass is 16.6. The predicted octanol–water partition coefficient (Wildman–Crippen LogP) is 0.194. The number of hydrogen-bond acceptors (Lipinski definition) is 6. The minimum atomic E-state index is -1.06. The van der Waals surface area contributed by atoms with Crippen molar-refractivity contribution >= 4 is 29.4 Å². The SMILES string of the molecule is Cc1ccccc1NC(=O)/C(=c1\nc2c([nH]1)=CC([N+](=O)[O-])C=C2)[N+](=O)[O-]. The van der Waals surface area contributed by atoms with E-state index in [4.69, 9.17) is 0 Å². The number of amides is 1. The summed E-state index contributed by atoms with van der Waals surface area (Å²) in [4.78, 5) is 40.0. The van der Waals surface area contributed by atoms with Gasteiger partial charge in [-0.1, -0.05) is 18.2 Å². The number of carbonyl (C=O) groups is 1. The lowest BCUT2D eigenvalue weighted by molar-refractivity contribution is -0.491. The Bertz CT molecular complexity index is 1070. The molecule has 0 radical (unpaired) electrons. The van der Waals surface area contributed by atoms with Crippen LogP contribution in [0.25, 0.3) is 17.8 Å². The Hall–Kier alpha value is -3.82. The van der Waals surface area contributed by atoms with Crippen molar-refractivity contribution in [2.24, 2.45) is 0 Å². The highest BCUT2D eigenvalue weighted by Gasteiger charge is 2.27. The van der Waals surface area contributed by atoms with Crippen LogP contribution >= 0.6 is 0 Å². The average Bonchev–Trinajstić information content (AvgIpc) is 2.98. The summed E-state index contributed by atoms with van der Waals surface area (Å²) in [7, 11) is 0. The monoisotopic (exact) mass is 355 g/mol. The number of para-hydroxylation sites is 1. The van der Waals surface area contributed by atoms with E-state index in [1.54, 1.807) is 31.2 Å². The Balaban J connectivity index is 2.06. The number of imidazole rings is 1. The Morgan fingerprint density at radius 1 is 1.27 bits per heavy atom. The van der Waals surface area contributed by atoms with E-state index in [0.29, 0.717) is 11.4 Å². The number of hydrogen-bond donors (Lipinski definition) is 2. The lowest BCUT2D eigenvalue weighted by Crippen LogP contribution is -2.29. The Morgan fingerprint density at radius 2 is 2.00 bits per heavy atom. The van der Waals surface area contributed by atoms with Crippen LogP contribution in [0.1, 0.15) is 11.3 Å². The maximum Gasteiger partial charge on any atom is 0.375 e. The smallest absolute Gasteiger partial charge is 0.333 e. The third kappa shape index (κ3) is 3.20. The van der Waals surface area contributed by atoms with Gasteiger partial charge in [-0.2, -0.15) is 0 Å². The van der Waals surface area contributed by atoms with E-state index in [-0.39, 0.29) is 10.8 Å². The van der Waals surface area contributed by atoms with Gasteiger partial charge in [0.15, 0.2) is 0 Å². The zero-order chi connectivity index (χ0) is 18.8. The molecule has 10 heteroatoms. The van der Waals surface area contributed by atoms with Crippen molar-refractivity contribution in [1.29, 1.82) is 0 Å². The molecule has 1 atom stereocenters. The van der Waals surface area contributed by atoms with Gasteiger partial charge < -0.3 is 10.3 Å². The van der Waals surface area contributed by atoms with Crippen LogP contribution in [0.3, 0.4) is 0 Å². The van der Waals surface area contributed by atoms with Crippen LogP contribution in [0.4, 0.5) is 5.69 Å².